The first-order valence-electron chi connectivity index (χ1n) is 7.70. The summed E-state index contributed by atoms with van der Waals surface area (Å²) in [6.07, 6.45) is 0.826. The van der Waals surface area contributed by atoms with Crippen molar-refractivity contribution in [2.24, 2.45) is 0 Å². The zero-order chi connectivity index (χ0) is 16.9. The molecule has 2 aromatic rings. The van der Waals surface area contributed by atoms with Gasteiger partial charge in [0.05, 0.1) is 0 Å². The van der Waals surface area contributed by atoms with Crippen molar-refractivity contribution in [3.63, 3.8) is 0 Å². The molecule has 0 atom stereocenters. The van der Waals surface area contributed by atoms with Crippen LogP contribution in [-0.4, -0.2) is 17.4 Å². The number of anilines is 1. The van der Waals surface area contributed by atoms with Gasteiger partial charge in [0.25, 0.3) is 0 Å². The number of hydrogen-bond acceptors (Lipinski definition) is 2. The second kappa shape index (κ2) is 7.09. The Hall–Kier alpha value is -2.62. The molecule has 0 unspecified atom stereocenters. The van der Waals surface area contributed by atoms with E-state index < -0.39 is 0 Å². The fourth-order valence-electron chi connectivity index (χ4n) is 2.05. The van der Waals surface area contributed by atoms with Crippen LogP contribution in [0.2, 0.25) is 0 Å². The van der Waals surface area contributed by atoms with Crippen LogP contribution < -0.4 is 10.6 Å². The maximum atomic E-state index is 12.4. The highest BCUT2D eigenvalue weighted by Gasteiger charge is 2.18. The summed E-state index contributed by atoms with van der Waals surface area (Å²) < 4.78 is 0. The lowest BCUT2D eigenvalue weighted by Gasteiger charge is -2.24. The SMILES string of the molecule is CCC(C)(C)NC(=O)Nc1cccc(C(=O)c2ccccc2)c1. The summed E-state index contributed by atoms with van der Waals surface area (Å²) in [6, 6.07) is 15.8. The summed E-state index contributed by atoms with van der Waals surface area (Å²) in [4.78, 5) is 24.5. The van der Waals surface area contributed by atoms with E-state index in [-0.39, 0.29) is 17.4 Å². The fourth-order valence-corrected chi connectivity index (χ4v) is 2.05. The molecule has 0 aromatic heterocycles. The molecule has 2 amide bonds. The number of hydrogen-bond donors (Lipinski definition) is 2. The van der Waals surface area contributed by atoms with Gasteiger partial charge < -0.3 is 10.6 Å². The number of benzene rings is 2. The molecule has 0 bridgehead atoms. The molecule has 2 rings (SSSR count). The van der Waals surface area contributed by atoms with Crippen LogP contribution >= 0.6 is 0 Å². The van der Waals surface area contributed by atoms with E-state index in [2.05, 4.69) is 10.6 Å². The molecule has 0 fully saturated rings. The highest BCUT2D eigenvalue weighted by Crippen LogP contribution is 2.15. The van der Waals surface area contributed by atoms with Gasteiger partial charge in [-0.1, -0.05) is 49.4 Å². The minimum atomic E-state index is -0.277. The van der Waals surface area contributed by atoms with E-state index in [0.29, 0.717) is 16.8 Å². The first-order chi connectivity index (χ1) is 10.9. The average molecular weight is 310 g/mol. The van der Waals surface area contributed by atoms with Gasteiger partial charge in [0, 0.05) is 22.4 Å². The van der Waals surface area contributed by atoms with Crippen LogP contribution in [0.15, 0.2) is 54.6 Å². The maximum absolute atomic E-state index is 12.4. The molecular formula is C19H22N2O2. The molecule has 0 saturated heterocycles. The normalized spacial score (nSPS) is 10.9. The molecule has 0 heterocycles. The zero-order valence-corrected chi connectivity index (χ0v) is 13.7. The third kappa shape index (κ3) is 4.68. The molecule has 0 aliphatic rings. The van der Waals surface area contributed by atoms with E-state index in [9.17, 15) is 9.59 Å². The Morgan fingerprint density at radius 2 is 1.61 bits per heavy atom. The lowest BCUT2D eigenvalue weighted by atomic mass is 10.0. The summed E-state index contributed by atoms with van der Waals surface area (Å²) >= 11 is 0. The molecule has 23 heavy (non-hydrogen) atoms. The van der Waals surface area contributed by atoms with Gasteiger partial charge in [-0.25, -0.2) is 4.79 Å². The van der Waals surface area contributed by atoms with Crippen LogP contribution in [0.4, 0.5) is 10.5 Å². The summed E-state index contributed by atoms with van der Waals surface area (Å²) in [6.45, 7) is 5.93. The highest BCUT2D eigenvalue weighted by atomic mass is 16.2. The van der Waals surface area contributed by atoms with E-state index in [1.165, 1.54) is 0 Å². The predicted molar refractivity (Wildman–Crippen MR) is 92.8 cm³/mol. The second-order valence-corrected chi connectivity index (χ2v) is 6.09. The molecule has 0 radical (unpaired) electrons. The van der Waals surface area contributed by atoms with Crippen LogP contribution in [0.25, 0.3) is 0 Å². The smallest absolute Gasteiger partial charge is 0.319 e. The average Bonchev–Trinajstić information content (AvgIpc) is 2.54. The Bertz CT molecular complexity index is 694. The standard InChI is InChI=1S/C19H22N2O2/c1-4-19(2,3)21-18(23)20-16-12-8-11-15(13-16)17(22)14-9-6-5-7-10-14/h5-13H,4H2,1-3H3,(H2,20,21,23). The van der Waals surface area contributed by atoms with Crippen LogP contribution in [0.5, 0.6) is 0 Å². The molecule has 2 aromatic carbocycles. The fraction of sp³-hybridized carbons (Fsp3) is 0.263. The molecule has 0 aliphatic heterocycles. The van der Waals surface area contributed by atoms with Gasteiger partial charge in [-0.2, -0.15) is 0 Å². The molecule has 120 valence electrons. The Labute approximate surface area is 136 Å². The molecule has 2 N–H and O–H groups in total. The summed E-state index contributed by atoms with van der Waals surface area (Å²) in [7, 11) is 0. The third-order valence-corrected chi connectivity index (χ3v) is 3.75. The lowest BCUT2D eigenvalue weighted by molar-refractivity contribution is 0.103. The van der Waals surface area contributed by atoms with Crippen molar-refractivity contribution < 1.29 is 9.59 Å². The van der Waals surface area contributed by atoms with Crippen LogP contribution in [0.1, 0.15) is 43.1 Å². The number of rotatable bonds is 5. The van der Waals surface area contributed by atoms with Crippen molar-refractivity contribution in [1.29, 1.82) is 0 Å². The van der Waals surface area contributed by atoms with Gasteiger partial charge in [0.2, 0.25) is 0 Å². The number of ketones is 1. The van der Waals surface area contributed by atoms with Gasteiger partial charge in [-0.15, -0.1) is 0 Å². The van der Waals surface area contributed by atoms with Crippen LogP contribution in [0, 0.1) is 0 Å². The Balaban J connectivity index is 2.11. The number of amides is 2. The Kier molecular flexibility index (Phi) is 5.16. The van der Waals surface area contributed by atoms with Gasteiger partial charge in [-0.05, 0) is 32.4 Å². The van der Waals surface area contributed by atoms with Crippen molar-refractivity contribution in [1.82, 2.24) is 5.32 Å². The minimum Gasteiger partial charge on any atom is -0.333 e. The van der Waals surface area contributed by atoms with E-state index >= 15 is 0 Å². The van der Waals surface area contributed by atoms with E-state index in [1.54, 1.807) is 36.4 Å². The lowest BCUT2D eigenvalue weighted by Crippen LogP contribution is -2.45. The van der Waals surface area contributed by atoms with E-state index in [0.717, 1.165) is 6.42 Å². The Morgan fingerprint density at radius 1 is 0.957 bits per heavy atom. The second-order valence-electron chi connectivity index (χ2n) is 6.09. The minimum absolute atomic E-state index is 0.0662. The topological polar surface area (TPSA) is 58.2 Å². The number of carbonyl (C=O) groups is 2. The maximum Gasteiger partial charge on any atom is 0.319 e. The first kappa shape index (κ1) is 16.7. The van der Waals surface area contributed by atoms with Crippen molar-refractivity contribution in [3.8, 4) is 0 Å². The molecule has 4 heteroatoms. The molecule has 0 aliphatic carbocycles. The summed E-state index contributed by atoms with van der Waals surface area (Å²) in [5, 5.41) is 5.68. The number of nitrogens with one attached hydrogen (secondary N) is 2. The molecule has 0 spiro atoms. The highest BCUT2D eigenvalue weighted by molar-refractivity contribution is 6.09. The quantitative estimate of drug-likeness (QED) is 0.812. The summed E-state index contributed by atoms with van der Waals surface area (Å²) in [5.41, 5.74) is 1.49. The largest absolute Gasteiger partial charge is 0.333 e. The van der Waals surface area contributed by atoms with E-state index in [1.807, 2.05) is 39.0 Å². The zero-order valence-electron chi connectivity index (χ0n) is 13.7. The monoisotopic (exact) mass is 310 g/mol. The summed E-state index contributed by atoms with van der Waals surface area (Å²) in [5.74, 6) is -0.0662. The van der Waals surface area contributed by atoms with Gasteiger partial charge in [0.15, 0.2) is 5.78 Å². The number of carbonyl (C=O) groups excluding carboxylic acids is 2. The molecular weight excluding hydrogens is 288 g/mol. The third-order valence-electron chi connectivity index (χ3n) is 3.75. The van der Waals surface area contributed by atoms with Crippen molar-refractivity contribution in [2.45, 2.75) is 32.7 Å². The van der Waals surface area contributed by atoms with E-state index in [4.69, 9.17) is 0 Å². The van der Waals surface area contributed by atoms with Crippen LogP contribution in [0.3, 0.4) is 0 Å². The Morgan fingerprint density at radius 3 is 2.26 bits per heavy atom. The predicted octanol–water partition coefficient (Wildman–Crippen LogP) is 4.23. The van der Waals surface area contributed by atoms with Crippen molar-refractivity contribution >= 4 is 17.5 Å². The van der Waals surface area contributed by atoms with Gasteiger partial charge in [0.1, 0.15) is 0 Å². The van der Waals surface area contributed by atoms with Crippen LogP contribution in [-0.2, 0) is 0 Å². The first-order valence-corrected chi connectivity index (χ1v) is 7.70. The van der Waals surface area contributed by atoms with Crippen molar-refractivity contribution in [2.75, 3.05) is 5.32 Å². The molecule has 0 saturated carbocycles. The van der Waals surface area contributed by atoms with Crippen molar-refractivity contribution in [3.05, 3.63) is 65.7 Å². The van der Waals surface area contributed by atoms with Gasteiger partial charge in [-0.3, -0.25) is 4.79 Å². The molecule has 4 nitrogen and oxygen atoms in total. The van der Waals surface area contributed by atoms with Gasteiger partial charge >= 0.3 is 6.03 Å². The number of urea groups is 1.